The second-order valence-corrected chi connectivity index (χ2v) is 7.43. The number of nitrogens with one attached hydrogen (secondary N) is 1. The van der Waals surface area contributed by atoms with E-state index in [4.69, 9.17) is 9.56 Å². The lowest BCUT2D eigenvalue weighted by molar-refractivity contribution is 0.0927. The van der Waals surface area contributed by atoms with Gasteiger partial charge in [-0.25, -0.2) is 17.9 Å². The first kappa shape index (κ1) is 18.8. The summed E-state index contributed by atoms with van der Waals surface area (Å²) in [6.07, 6.45) is 0.516. The molecule has 140 valence electrons. The van der Waals surface area contributed by atoms with E-state index in [0.717, 1.165) is 5.56 Å². The minimum Gasteiger partial charge on any atom is -0.451 e. The number of carbonyl (C=O) groups excluding carboxylic acids is 1. The highest BCUT2D eigenvalue weighted by Gasteiger charge is 2.12. The fourth-order valence-corrected chi connectivity index (χ4v) is 3.00. The van der Waals surface area contributed by atoms with Gasteiger partial charge in [0.1, 0.15) is 11.6 Å². The SMILES string of the molecule is NS(=O)(=O)c1ccc(CCNC(=O)c2ccc(-c3ccc(F)cc3)o2)cc1. The van der Waals surface area contributed by atoms with Crippen LogP contribution in [-0.4, -0.2) is 20.9 Å². The summed E-state index contributed by atoms with van der Waals surface area (Å²) in [5.41, 5.74) is 1.53. The first-order valence-electron chi connectivity index (χ1n) is 8.09. The molecule has 27 heavy (non-hydrogen) atoms. The Morgan fingerprint density at radius 2 is 1.67 bits per heavy atom. The molecule has 1 amide bonds. The van der Waals surface area contributed by atoms with Crippen molar-refractivity contribution >= 4 is 15.9 Å². The van der Waals surface area contributed by atoms with Crippen LogP contribution < -0.4 is 10.5 Å². The molecule has 3 aromatic rings. The standard InChI is InChI=1S/C19H17FN2O4S/c20-15-5-3-14(4-6-15)17-9-10-18(26-17)19(23)22-12-11-13-1-7-16(8-2-13)27(21,24)25/h1-10H,11-12H2,(H,22,23)(H2,21,24,25). The van der Waals surface area contributed by atoms with E-state index in [2.05, 4.69) is 5.32 Å². The number of benzene rings is 2. The molecular weight excluding hydrogens is 371 g/mol. The molecule has 0 radical (unpaired) electrons. The molecule has 0 saturated carbocycles. The highest BCUT2D eigenvalue weighted by Crippen LogP contribution is 2.22. The first-order chi connectivity index (χ1) is 12.8. The first-order valence-corrected chi connectivity index (χ1v) is 9.63. The third-order valence-electron chi connectivity index (χ3n) is 3.91. The van der Waals surface area contributed by atoms with Crippen molar-refractivity contribution in [3.63, 3.8) is 0 Å². The van der Waals surface area contributed by atoms with Gasteiger partial charge in [0.25, 0.3) is 5.91 Å². The highest BCUT2D eigenvalue weighted by atomic mass is 32.2. The smallest absolute Gasteiger partial charge is 0.287 e. The number of hydrogen-bond acceptors (Lipinski definition) is 4. The van der Waals surface area contributed by atoms with Gasteiger partial charge < -0.3 is 9.73 Å². The third kappa shape index (κ3) is 4.81. The molecule has 3 N–H and O–H groups in total. The molecule has 3 rings (SSSR count). The predicted molar refractivity (Wildman–Crippen MR) is 98.0 cm³/mol. The summed E-state index contributed by atoms with van der Waals surface area (Å²) in [4.78, 5) is 12.2. The molecule has 0 saturated heterocycles. The summed E-state index contributed by atoms with van der Waals surface area (Å²) >= 11 is 0. The summed E-state index contributed by atoms with van der Waals surface area (Å²) < 4.78 is 40.9. The normalized spacial score (nSPS) is 11.3. The number of furan rings is 1. The maximum Gasteiger partial charge on any atom is 0.287 e. The lowest BCUT2D eigenvalue weighted by Crippen LogP contribution is -2.25. The Labute approximate surface area is 155 Å². The second kappa shape index (κ2) is 7.73. The van der Waals surface area contributed by atoms with Gasteiger partial charge in [-0.05, 0) is 60.5 Å². The van der Waals surface area contributed by atoms with Gasteiger partial charge >= 0.3 is 0 Å². The molecule has 1 aromatic heterocycles. The molecule has 0 fully saturated rings. The number of halogens is 1. The third-order valence-corrected chi connectivity index (χ3v) is 4.84. The van der Waals surface area contributed by atoms with Crippen molar-refractivity contribution in [2.24, 2.45) is 5.14 Å². The summed E-state index contributed by atoms with van der Waals surface area (Å²) in [6.45, 7) is 0.347. The average Bonchev–Trinajstić information content (AvgIpc) is 3.12. The van der Waals surface area contributed by atoms with Crippen molar-refractivity contribution in [2.75, 3.05) is 6.54 Å². The van der Waals surface area contributed by atoms with Crippen molar-refractivity contribution in [1.29, 1.82) is 0 Å². The van der Waals surface area contributed by atoms with Crippen LogP contribution in [0.25, 0.3) is 11.3 Å². The van der Waals surface area contributed by atoms with Crippen LogP contribution in [0.4, 0.5) is 4.39 Å². The molecule has 8 heteroatoms. The topological polar surface area (TPSA) is 102 Å². The number of hydrogen-bond donors (Lipinski definition) is 2. The van der Waals surface area contributed by atoms with Gasteiger partial charge in [-0.15, -0.1) is 0 Å². The Kier molecular flexibility index (Phi) is 5.38. The van der Waals surface area contributed by atoms with Gasteiger partial charge in [-0.3, -0.25) is 4.79 Å². The van der Waals surface area contributed by atoms with E-state index >= 15 is 0 Å². The number of carbonyl (C=O) groups is 1. The zero-order chi connectivity index (χ0) is 19.4. The molecule has 0 unspecified atom stereocenters. The van der Waals surface area contributed by atoms with Crippen molar-refractivity contribution in [3.05, 3.63) is 77.8 Å². The molecule has 0 atom stereocenters. The van der Waals surface area contributed by atoms with Crippen molar-refractivity contribution in [3.8, 4) is 11.3 Å². The Morgan fingerprint density at radius 3 is 2.30 bits per heavy atom. The largest absolute Gasteiger partial charge is 0.451 e. The van der Waals surface area contributed by atoms with Crippen molar-refractivity contribution < 1.29 is 22.0 Å². The fraction of sp³-hybridized carbons (Fsp3) is 0.105. The number of amides is 1. The number of primary sulfonamides is 1. The Hall–Kier alpha value is -2.97. The molecule has 1 heterocycles. The average molecular weight is 388 g/mol. The molecule has 0 spiro atoms. The maximum absolute atomic E-state index is 13.0. The Balaban J connectivity index is 1.56. The monoisotopic (exact) mass is 388 g/mol. The summed E-state index contributed by atoms with van der Waals surface area (Å²) in [5, 5.41) is 7.78. The Bertz CT molecular complexity index is 1040. The fourth-order valence-electron chi connectivity index (χ4n) is 2.48. The van der Waals surface area contributed by atoms with Gasteiger partial charge in [0, 0.05) is 12.1 Å². The number of rotatable bonds is 6. The van der Waals surface area contributed by atoms with Gasteiger partial charge in [-0.2, -0.15) is 0 Å². The molecule has 6 nitrogen and oxygen atoms in total. The highest BCUT2D eigenvalue weighted by molar-refractivity contribution is 7.89. The second-order valence-electron chi connectivity index (χ2n) is 5.87. The molecule has 0 aliphatic rings. The van der Waals surface area contributed by atoms with Crippen LogP contribution in [0.5, 0.6) is 0 Å². The van der Waals surface area contributed by atoms with E-state index in [0.29, 0.717) is 24.3 Å². The summed E-state index contributed by atoms with van der Waals surface area (Å²) in [7, 11) is -3.72. The molecule has 0 aliphatic carbocycles. The number of sulfonamides is 1. The van der Waals surface area contributed by atoms with Crippen LogP contribution in [0.15, 0.2) is 70.0 Å². The summed E-state index contributed by atoms with van der Waals surface area (Å²) in [5.74, 6) is -0.0949. The maximum atomic E-state index is 13.0. The van der Waals surface area contributed by atoms with Crippen LogP contribution >= 0.6 is 0 Å². The molecule has 0 aliphatic heterocycles. The van der Waals surface area contributed by atoms with Crippen molar-refractivity contribution in [2.45, 2.75) is 11.3 Å². The molecular formula is C19H17FN2O4S. The predicted octanol–water partition coefficient (Wildman–Crippen LogP) is 2.71. The molecule has 2 aromatic carbocycles. The summed E-state index contributed by atoms with van der Waals surface area (Å²) in [6, 6.07) is 15.1. The van der Waals surface area contributed by atoms with Crippen molar-refractivity contribution in [1.82, 2.24) is 5.32 Å². The van der Waals surface area contributed by atoms with E-state index in [1.807, 2.05) is 0 Å². The van der Waals surface area contributed by atoms with Crippen LogP contribution in [0.2, 0.25) is 0 Å². The van der Waals surface area contributed by atoms with E-state index < -0.39 is 10.0 Å². The lowest BCUT2D eigenvalue weighted by Gasteiger charge is -2.05. The van der Waals surface area contributed by atoms with E-state index in [9.17, 15) is 17.6 Å². The van der Waals surface area contributed by atoms with Crippen LogP contribution in [-0.2, 0) is 16.4 Å². The van der Waals surface area contributed by atoms with Crippen LogP contribution in [0, 0.1) is 5.82 Å². The van der Waals surface area contributed by atoms with E-state index in [1.165, 1.54) is 24.3 Å². The minimum atomic E-state index is -3.72. The minimum absolute atomic E-state index is 0.0409. The van der Waals surface area contributed by atoms with Crippen LogP contribution in [0.3, 0.4) is 0 Å². The Morgan fingerprint density at radius 1 is 1.00 bits per heavy atom. The lowest BCUT2D eigenvalue weighted by atomic mass is 10.1. The molecule has 0 bridgehead atoms. The van der Waals surface area contributed by atoms with Gasteiger partial charge in [-0.1, -0.05) is 12.1 Å². The van der Waals surface area contributed by atoms with Gasteiger partial charge in [0.15, 0.2) is 5.76 Å². The quantitative estimate of drug-likeness (QED) is 0.678. The van der Waals surface area contributed by atoms with E-state index in [1.54, 1.807) is 36.4 Å². The van der Waals surface area contributed by atoms with Gasteiger partial charge in [0.2, 0.25) is 10.0 Å². The van der Waals surface area contributed by atoms with Crippen LogP contribution in [0.1, 0.15) is 16.1 Å². The number of nitrogens with two attached hydrogens (primary N) is 1. The zero-order valence-electron chi connectivity index (χ0n) is 14.2. The van der Waals surface area contributed by atoms with E-state index in [-0.39, 0.29) is 22.4 Å². The van der Waals surface area contributed by atoms with Gasteiger partial charge in [0.05, 0.1) is 4.90 Å². The zero-order valence-corrected chi connectivity index (χ0v) is 15.0.